The highest BCUT2D eigenvalue weighted by Crippen LogP contribution is 2.38. The molecule has 3 aromatic carbocycles. The minimum Gasteiger partial charge on any atom is -0.478 e. The van der Waals surface area contributed by atoms with E-state index in [4.69, 9.17) is 26.2 Å². The molecular formula is C23H17ClO4. The summed E-state index contributed by atoms with van der Waals surface area (Å²) in [6.45, 7) is 0.211. The van der Waals surface area contributed by atoms with Gasteiger partial charge < -0.3 is 14.6 Å². The molecule has 4 rings (SSSR count). The molecule has 0 fully saturated rings. The third-order valence-electron chi connectivity index (χ3n) is 4.56. The van der Waals surface area contributed by atoms with Crippen LogP contribution in [0.5, 0.6) is 11.5 Å². The summed E-state index contributed by atoms with van der Waals surface area (Å²) in [6, 6.07) is 19.6. The topological polar surface area (TPSA) is 55.8 Å². The van der Waals surface area contributed by atoms with Crippen molar-refractivity contribution in [3.63, 3.8) is 0 Å². The Kier molecular flexibility index (Phi) is 5.04. The molecule has 0 saturated carbocycles. The van der Waals surface area contributed by atoms with E-state index in [1.165, 1.54) is 0 Å². The number of carbonyl (C=O) groups is 1. The molecule has 1 N–H and O–H groups in total. The molecule has 0 aliphatic carbocycles. The highest BCUT2D eigenvalue weighted by atomic mass is 35.5. The number of aliphatic carboxylic acids is 1. The first-order valence-electron chi connectivity index (χ1n) is 8.77. The minimum absolute atomic E-state index is 0.211. The molecule has 1 aliphatic rings. The molecule has 0 unspecified atom stereocenters. The number of ether oxygens (including phenoxy) is 2. The van der Waals surface area contributed by atoms with Gasteiger partial charge in [0.1, 0.15) is 0 Å². The Labute approximate surface area is 167 Å². The molecule has 0 atom stereocenters. The molecule has 1 heterocycles. The van der Waals surface area contributed by atoms with Crippen molar-refractivity contribution in [1.82, 2.24) is 0 Å². The van der Waals surface area contributed by atoms with Crippen LogP contribution < -0.4 is 9.47 Å². The standard InChI is InChI=1S/C23H17ClO4/c24-20-13-22-21(27-14-28-22)12-18(20)11-17-5-1-2-7-19(17)16-6-3-4-15(10-16)8-9-23(25)26/h1-10,12-13H,11,14H2,(H,25,26). The van der Waals surface area contributed by atoms with E-state index in [9.17, 15) is 4.79 Å². The first-order valence-corrected chi connectivity index (χ1v) is 9.15. The number of hydrogen-bond donors (Lipinski definition) is 1. The first-order chi connectivity index (χ1) is 13.6. The summed E-state index contributed by atoms with van der Waals surface area (Å²) < 4.78 is 10.8. The van der Waals surface area contributed by atoms with Crippen molar-refractivity contribution in [2.24, 2.45) is 0 Å². The van der Waals surface area contributed by atoms with Crippen LogP contribution in [0.4, 0.5) is 0 Å². The molecule has 4 nitrogen and oxygen atoms in total. The molecule has 3 aromatic rings. The van der Waals surface area contributed by atoms with E-state index in [1.807, 2.05) is 42.5 Å². The van der Waals surface area contributed by atoms with Crippen molar-refractivity contribution < 1.29 is 19.4 Å². The van der Waals surface area contributed by atoms with Gasteiger partial charge in [-0.25, -0.2) is 4.79 Å². The number of fused-ring (bicyclic) bond motifs is 1. The van der Waals surface area contributed by atoms with Crippen molar-refractivity contribution in [3.05, 3.63) is 88.5 Å². The zero-order chi connectivity index (χ0) is 19.5. The van der Waals surface area contributed by atoms with E-state index in [-0.39, 0.29) is 6.79 Å². The molecule has 140 valence electrons. The average molecular weight is 393 g/mol. The molecule has 1 aliphatic heterocycles. The van der Waals surface area contributed by atoms with Gasteiger partial charge in [-0.1, -0.05) is 54.1 Å². The first kappa shape index (κ1) is 18.1. The zero-order valence-corrected chi connectivity index (χ0v) is 15.6. The molecule has 0 radical (unpaired) electrons. The Bertz CT molecular complexity index is 1070. The Morgan fingerprint density at radius 3 is 2.61 bits per heavy atom. The Hall–Kier alpha value is -3.24. The van der Waals surface area contributed by atoms with Crippen LogP contribution in [0.25, 0.3) is 17.2 Å². The van der Waals surface area contributed by atoms with Crippen LogP contribution in [0.3, 0.4) is 0 Å². The van der Waals surface area contributed by atoms with Crippen molar-refractivity contribution >= 4 is 23.6 Å². The van der Waals surface area contributed by atoms with Crippen LogP contribution in [0.1, 0.15) is 16.7 Å². The van der Waals surface area contributed by atoms with Gasteiger partial charge in [-0.3, -0.25) is 0 Å². The maximum atomic E-state index is 10.8. The largest absolute Gasteiger partial charge is 0.478 e. The van der Waals surface area contributed by atoms with Gasteiger partial charge in [-0.2, -0.15) is 0 Å². The predicted octanol–water partition coefficient (Wildman–Crippen LogP) is 5.42. The van der Waals surface area contributed by atoms with Gasteiger partial charge in [0, 0.05) is 17.2 Å². The molecule has 5 heteroatoms. The van der Waals surface area contributed by atoms with E-state index in [2.05, 4.69) is 12.1 Å². The summed E-state index contributed by atoms with van der Waals surface area (Å²) in [5, 5.41) is 9.48. The van der Waals surface area contributed by atoms with Crippen LogP contribution in [-0.2, 0) is 11.2 Å². The second kappa shape index (κ2) is 7.79. The number of carboxylic acids is 1. The maximum Gasteiger partial charge on any atom is 0.328 e. The number of halogens is 1. The van der Waals surface area contributed by atoms with Crippen molar-refractivity contribution in [2.45, 2.75) is 6.42 Å². The van der Waals surface area contributed by atoms with E-state index in [1.54, 1.807) is 12.1 Å². The SMILES string of the molecule is O=C(O)C=Cc1cccc(-c2ccccc2Cc2cc3c(cc2Cl)OCO3)c1. The van der Waals surface area contributed by atoms with Crippen LogP contribution in [0.15, 0.2) is 66.7 Å². The highest BCUT2D eigenvalue weighted by Gasteiger charge is 2.17. The number of hydrogen-bond acceptors (Lipinski definition) is 3. The monoisotopic (exact) mass is 392 g/mol. The summed E-state index contributed by atoms with van der Waals surface area (Å²) in [5.41, 5.74) is 4.99. The second-order valence-corrected chi connectivity index (χ2v) is 6.84. The van der Waals surface area contributed by atoms with Gasteiger partial charge >= 0.3 is 5.97 Å². The van der Waals surface area contributed by atoms with Gasteiger partial charge in [-0.15, -0.1) is 0 Å². The van der Waals surface area contributed by atoms with Crippen LogP contribution in [0.2, 0.25) is 5.02 Å². The van der Waals surface area contributed by atoms with Crippen molar-refractivity contribution in [3.8, 4) is 22.6 Å². The highest BCUT2D eigenvalue weighted by molar-refractivity contribution is 6.31. The summed E-state index contributed by atoms with van der Waals surface area (Å²) in [6.07, 6.45) is 3.36. The number of carboxylic acid groups (broad SMARTS) is 1. The molecule has 0 bridgehead atoms. The van der Waals surface area contributed by atoms with E-state index < -0.39 is 5.97 Å². The third-order valence-corrected chi connectivity index (χ3v) is 4.91. The van der Waals surface area contributed by atoms with Gasteiger partial charge in [0.15, 0.2) is 11.5 Å². The second-order valence-electron chi connectivity index (χ2n) is 6.43. The quantitative estimate of drug-likeness (QED) is 0.588. The molecule has 0 aromatic heterocycles. The fourth-order valence-corrected chi connectivity index (χ4v) is 3.45. The maximum absolute atomic E-state index is 10.8. The number of rotatable bonds is 5. The lowest BCUT2D eigenvalue weighted by atomic mass is 9.94. The third kappa shape index (κ3) is 3.87. The van der Waals surface area contributed by atoms with Crippen LogP contribution >= 0.6 is 11.6 Å². The van der Waals surface area contributed by atoms with Gasteiger partial charge in [-0.05, 0) is 52.4 Å². The normalized spacial score (nSPS) is 12.5. The number of benzene rings is 3. The minimum atomic E-state index is -0.969. The Morgan fingerprint density at radius 2 is 1.79 bits per heavy atom. The van der Waals surface area contributed by atoms with Gasteiger partial charge in [0.2, 0.25) is 6.79 Å². The fourth-order valence-electron chi connectivity index (χ4n) is 3.23. The molecule has 0 spiro atoms. The lowest BCUT2D eigenvalue weighted by molar-refractivity contribution is -0.131. The molecule has 0 amide bonds. The van der Waals surface area contributed by atoms with E-state index in [0.717, 1.165) is 33.9 Å². The molecular weight excluding hydrogens is 376 g/mol. The molecule has 28 heavy (non-hydrogen) atoms. The Balaban J connectivity index is 1.69. The lowest BCUT2D eigenvalue weighted by Gasteiger charge is -2.12. The van der Waals surface area contributed by atoms with Crippen LogP contribution in [0, 0.1) is 0 Å². The Morgan fingerprint density at radius 1 is 1.00 bits per heavy atom. The predicted molar refractivity (Wildman–Crippen MR) is 109 cm³/mol. The summed E-state index contributed by atoms with van der Waals surface area (Å²) in [7, 11) is 0. The van der Waals surface area contributed by atoms with E-state index >= 15 is 0 Å². The van der Waals surface area contributed by atoms with Crippen molar-refractivity contribution in [1.29, 1.82) is 0 Å². The summed E-state index contributed by atoms with van der Waals surface area (Å²) in [4.78, 5) is 10.8. The van der Waals surface area contributed by atoms with Crippen molar-refractivity contribution in [2.75, 3.05) is 6.79 Å². The zero-order valence-electron chi connectivity index (χ0n) is 14.9. The fraction of sp³-hybridized carbons (Fsp3) is 0.0870. The lowest BCUT2D eigenvalue weighted by Crippen LogP contribution is -1.94. The van der Waals surface area contributed by atoms with E-state index in [0.29, 0.717) is 22.9 Å². The smallest absolute Gasteiger partial charge is 0.328 e. The summed E-state index contributed by atoms with van der Waals surface area (Å²) >= 11 is 6.45. The van der Waals surface area contributed by atoms with Gasteiger partial charge in [0.25, 0.3) is 0 Å². The molecule has 0 saturated heterocycles. The summed E-state index contributed by atoms with van der Waals surface area (Å²) in [5.74, 6) is 0.404. The average Bonchev–Trinajstić information content (AvgIpc) is 3.14. The van der Waals surface area contributed by atoms with Crippen LogP contribution in [-0.4, -0.2) is 17.9 Å². The van der Waals surface area contributed by atoms with Gasteiger partial charge in [0.05, 0.1) is 0 Å².